The molecule has 0 aromatic heterocycles. The van der Waals surface area contributed by atoms with Gasteiger partial charge in [-0.15, -0.1) is 0 Å². The van der Waals surface area contributed by atoms with E-state index < -0.39 is 23.2 Å². The Hall–Kier alpha value is -1.63. The molecule has 0 unspecified atom stereocenters. The van der Waals surface area contributed by atoms with Crippen molar-refractivity contribution in [2.24, 2.45) is 0 Å². The first-order chi connectivity index (χ1) is 18.5. The Kier molecular flexibility index (Phi) is 18.4. The zero-order chi connectivity index (χ0) is 29.0. The fraction of sp³-hybridized carbons (Fsp3) is 0.906. The van der Waals surface area contributed by atoms with E-state index in [9.17, 15) is 14.4 Å². The molecule has 2 N–H and O–H groups in total. The first kappa shape index (κ1) is 35.4. The van der Waals surface area contributed by atoms with Gasteiger partial charge in [-0.1, -0.05) is 103 Å². The fourth-order valence-electron chi connectivity index (χ4n) is 5.06. The van der Waals surface area contributed by atoms with E-state index in [4.69, 9.17) is 9.47 Å². The van der Waals surface area contributed by atoms with Crippen molar-refractivity contribution >= 4 is 17.8 Å². The highest BCUT2D eigenvalue weighted by Gasteiger charge is 2.32. The van der Waals surface area contributed by atoms with Crippen LogP contribution in [0.5, 0.6) is 0 Å². The predicted octanol–water partition coefficient (Wildman–Crippen LogP) is 7.15. The Bertz CT molecular complexity index is 660. The Morgan fingerprint density at radius 1 is 0.795 bits per heavy atom. The molecule has 0 radical (unpaired) electrons. The van der Waals surface area contributed by atoms with Gasteiger partial charge in [0, 0.05) is 12.1 Å². The van der Waals surface area contributed by atoms with E-state index in [0.29, 0.717) is 19.6 Å². The van der Waals surface area contributed by atoms with E-state index in [1.54, 1.807) is 0 Å². The first-order valence-electron chi connectivity index (χ1n) is 16.0. The van der Waals surface area contributed by atoms with Crippen molar-refractivity contribution in [2.75, 3.05) is 13.2 Å². The van der Waals surface area contributed by atoms with E-state index in [1.165, 1.54) is 83.5 Å². The fourth-order valence-corrected chi connectivity index (χ4v) is 5.06. The van der Waals surface area contributed by atoms with Crippen molar-refractivity contribution in [2.45, 2.75) is 174 Å². The molecule has 0 aromatic rings. The summed E-state index contributed by atoms with van der Waals surface area (Å²) in [6.07, 6.45) is 21.2. The number of carbonyl (C=O) groups is 3. The van der Waals surface area contributed by atoms with Crippen LogP contribution < -0.4 is 10.6 Å². The van der Waals surface area contributed by atoms with E-state index in [2.05, 4.69) is 17.6 Å². The van der Waals surface area contributed by atoms with Crippen LogP contribution in [-0.4, -0.2) is 48.2 Å². The van der Waals surface area contributed by atoms with E-state index in [-0.39, 0.29) is 24.7 Å². The smallest absolute Gasteiger partial charge is 0.329 e. The molecule has 1 heterocycles. The van der Waals surface area contributed by atoms with Crippen molar-refractivity contribution in [3.05, 3.63) is 0 Å². The second kappa shape index (κ2) is 20.3. The Balaban J connectivity index is 2.20. The predicted molar refractivity (Wildman–Crippen MR) is 159 cm³/mol. The lowest BCUT2D eigenvalue weighted by molar-refractivity contribution is -0.150. The largest absolute Gasteiger partial charge is 0.464 e. The minimum atomic E-state index is -0.996. The van der Waals surface area contributed by atoms with Gasteiger partial charge < -0.3 is 20.1 Å². The van der Waals surface area contributed by atoms with Crippen LogP contribution in [0.3, 0.4) is 0 Å². The van der Waals surface area contributed by atoms with Crippen LogP contribution in [0.2, 0.25) is 0 Å². The summed E-state index contributed by atoms with van der Waals surface area (Å²) in [5.74, 6) is -1.16. The van der Waals surface area contributed by atoms with E-state index in [0.717, 1.165) is 19.3 Å². The van der Waals surface area contributed by atoms with Gasteiger partial charge in [0.05, 0.1) is 25.0 Å². The number of carbonyl (C=O) groups excluding carboxylic acids is 3. The summed E-state index contributed by atoms with van der Waals surface area (Å²) in [5, 5.41) is 5.65. The molecule has 1 rings (SSSR count). The van der Waals surface area contributed by atoms with Gasteiger partial charge in [0.15, 0.2) is 0 Å². The zero-order valence-corrected chi connectivity index (χ0v) is 26.0. The first-order valence-corrected chi connectivity index (χ1v) is 16.0. The number of ether oxygens (including phenoxy) is 2. The van der Waals surface area contributed by atoms with Crippen LogP contribution in [0.25, 0.3) is 0 Å². The Morgan fingerprint density at radius 3 is 1.79 bits per heavy atom. The molecule has 39 heavy (non-hydrogen) atoms. The second-order valence-corrected chi connectivity index (χ2v) is 12.8. The van der Waals surface area contributed by atoms with Gasteiger partial charge in [-0.3, -0.25) is 9.59 Å². The van der Waals surface area contributed by atoms with Gasteiger partial charge in [0.25, 0.3) is 0 Å². The molecule has 7 heteroatoms. The summed E-state index contributed by atoms with van der Waals surface area (Å²) in [4.78, 5) is 37.9. The van der Waals surface area contributed by atoms with Gasteiger partial charge >= 0.3 is 5.97 Å². The van der Waals surface area contributed by atoms with Crippen LogP contribution in [0.15, 0.2) is 0 Å². The number of hydrogen-bond donors (Lipinski definition) is 2. The molecule has 228 valence electrons. The molecule has 7 nitrogen and oxygen atoms in total. The van der Waals surface area contributed by atoms with Gasteiger partial charge in [0.1, 0.15) is 6.04 Å². The van der Waals surface area contributed by atoms with Crippen molar-refractivity contribution in [1.29, 1.82) is 0 Å². The molecule has 0 spiro atoms. The third-order valence-corrected chi connectivity index (χ3v) is 7.54. The normalized spacial score (nSPS) is 19.9. The lowest BCUT2D eigenvalue weighted by atomic mass is 9.98. The molecule has 1 aliphatic rings. The van der Waals surface area contributed by atoms with E-state index >= 15 is 0 Å². The van der Waals surface area contributed by atoms with Crippen molar-refractivity contribution in [3.8, 4) is 0 Å². The Labute approximate surface area is 239 Å². The molecule has 1 aliphatic heterocycles. The topological polar surface area (TPSA) is 93.7 Å². The number of esters is 1. The minimum absolute atomic E-state index is 0.109. The summed E-state index contributed by atoms with van der Waals surface area (Å²) >= 11 is 0. The molecule has 1 fully saturated rings. The van der Waals surface area contributed by atoms with Gasteiger partial charge in [-0.2, -0.15) is 0 Å². The van der Waals surface area contributed by atoms with Crippen LogP contribution in [0, 0.1) is 0 Å². The quantitative estimate of drug-likeness (QED) is 0.139. The summed E-state index contributed by atoms with van der Waals surface area (Å²) < 4.78 is 11.3. The highest BCUT2D eigenvalue weighted by atomic mass is 16.5. The lowest BCUT2D eigenvalue weighted by Gasteiger charge is -2.32. The summed E-state index contributed by atoms with van der Waals surface area (Å²) in [5.41, 5.74) is -1.14. The van der Waals surface area contributed by atoms with Crippen molar-refractivity contribution < 1.29 is 23.9 Å². The number of nitrogens with one attached hydrogen (secondary N) is 2. The highest BCUT2D eigenvalue weighted by Crippen LogP contribution is 2.19. The van der Waals surface area contributed by atoms with Crippen molar-refractivity contribution in [1.82, 2.24) is 10.6 Å². The average molecular weight is 553 g/mol. The highest BCUT2D eigenvalue weighted by molar-refractivity contribution is 5.89. The molecular weight excluding hydrogens is 492 g/mol. The second-order valence-electron chi connectivity index (χ2n) is 12.8. The standard InChI is InChI=1S/C32H60N2O5/c1-6-7-8-9-10-11-12-13-14-15-16-17-18-19-20-21-23-38-30(37)27-25-28(35)34-31(2,3)22-24-39-32(4,5)26-29(36)33-27/h27H,6-26H2,1-5H3,(H,33,36)(H,34,35)/t27-/m1/s1. The number of hydrogen-bond acceptors (Lipinski definition) is 5. The number of unbranched alkanes of at least 4 members (excludes halogenated alkanes) is 15. The molecule has 2 amide bonds. The molecule has 1 atom stereocenters. The van der Waals surface area contributed by atoms with Crippen LogP contribution >= 0.6 is 0 Å². The third kappa shape index (κ3) is 19.1. The van der Waals surface area contributed by atoms with Crippen LogP contribution in [0.1, 0.15) is 157 Å². The summed E-state index contributed by atoms with van der Waals surface area (Å²) in [7, 11) is 0. The molecule has 0 bridgehead atoms. The maximum atomic E-state index is 12.7. The average Bonchev–Trinajstić information content (AvgIpc) is 2.83. The number of amides is 2. The third-order valence-electron chi connectivity index (χ3n) is 7.54. The SMILES string of the molecule is CCCCCCCCCCCCCCCCCCOC(=O)[C@H]1CC(=O)NC(C)(C)CCOC(C)(C)CC(=O)N1. The molecule has 0 saturated carbocycles. The zero-order valence-electron chi connectivity index (χ0n) is 26.0. The van der Waals surface area contributed by atoms with Gasteiger partial charge in [-0.25, -0.2) is 4.79 Å². The van der Waals surface area contributed by atoms with Crippen molar-refractivity contribution in [3.63, 3.8) is 0 Å². The molecule has 1 saturated heterocycles. The molecule has 0 aliphatic carbocycles. The number of rotatable bonds is 18. The molecular formula is C32H60N2O5. The molecule has 0 aromatic carbocycles. The summed E-state index contributed by atoms with van der Waals surface area (Å²) in [6, 6.07) is -0.996. The van der Waals surface area contributed by atoms with Crippen LogP contribution in [0.4, 0.5) is 0 Å². The Morgan fingerprint density at radius 2 is 1.28 bits per heavy atom. The van der Waals surface area contributed by atoms with Gasteiger partial charge in [-0.05, 0) is 40.5 Å². The maximum absolute atomic E-state index is 12.7. The van der Waals surface area contributed by atoms with Crippen LogP contribution in [-0.2, 0) is 23.9 Å². The minimum Gasteiger partial charge on any atom is -0.464 e. The summed E-state index contributed by atoms with van der Waals surface area (Å²) in [6.45, 7) is 10.6. The monoisotopic (exact) mass is 552 g/mol. The maximum Gasteiger partial charge on any atom is 0.329 e. The lowest BCUT2D eigenvalue weighted by Crippen LogP contribution is -2.51. The van der Waals surface area contributed by atoms with Gasteiger partial charge in [0.2, 0.25) is 11.8 Å². The van der Waals surface area contributed by atoms with E-state index in [1.807, 2.05) is 27.7 Å².